The molecule has 1 unspecified atom stereocenters. The summed E-state index contributed by atoms with van der Waals surface area (Å²) < 4.78 is 0. The molecule has 0 bridgehead atoms. The van der Waals surface area contributed by atoms with Gasteiger partial charge in [-0.25, -0.2) is 0 Å². The van der Waals surface area contributed by atoms with Crippen molar-refractivity contribution in [2.24, 2.45) is 11.8 Å². The summed E-state index contributed by atoms with van der Waals surface area (Å²) >= 11 is 0. The van der Waals surface area contributed by atoms with E-state index in [-0.39, 0.29) is 17.9 Å². The largest absolute Gasteiger partial charge is 0.353 e. The number of hydrogen-bond donors (Lipinski definition) is 1. The number of carbonyl (C=O) groups is 1. The third-order valence-electron chi connectivity index (χ3n) is 4.98. The van der Waals surface area contributed by atoms with Crippen molar-refractivity contribution in [3.05, 3.63) is 35.4 Å². The summed E-state index contributed by atoms with van der Waals surface area (Å²) in [6.45, 7) is 11.6. The van der Waals surface area contributed by atoms with Gasteiger partial charge in [-0.3, -0.25) is 9.69 Å². The van der Waals surface area contributed by atoms with Crippen molar-refractivity contribution >= 4 is 5.91 Å². The molecular formula is C19H30N2O. The van der Waals surface area contributed by atoms with Crippen LogP contribution in [0.2, 0.25) is 0 Å². The molecular weight excluding hydrogens is 272 g/mol. The van der Waals surface area contributed by atoms with Gasteiger partial charge in [0, 0.05) is 18.5 Å². The van der Waals surface area contributed by atoms with Crippen LogP contribution in [0.3, 0.4) is 0 Å². The molecule has 2 rings (SSSR count). The van der Waals surface area contributed by atoms with Crippen LogP contribution in [0.5, 0.6) is 0 Å². The standard InChI is InChI=1S/C19H30N2O/c1-14(2)16(4)20-19(22)17-9-11-21(12-10-17)13-18-8-6-5-7-15(18)3/h5-8,14,16-17H,9-13H2,1-4H3,(H,20,22). The lowest BCUT2D eigenvalue weighted by molar-refractivity contribution is -0.127. The fraction of sp³-hybridized carbons (Fsp3) is 0.632. The second kappa shape index (κ2) is 7.77. The van der Waals surface area contributed by atoms with E-state index in [1.54, 1.807) is 0 Å². The second-order valence-electron chi connectivity index (χ2n) is 7.02. The molecule has 1 aliphatic heterocycles. The van der Waals surface area contributed by atoms with Crippen LogP contribution < -0.4 is 5.32 Å². The first-order chi connectivity index (χ1) is 10.5. The van der Waals surface area contributed by atoms with Gasteiger partial charge >= 0.3 is 0 Å². The zero-order chi connectivity index (χ0) is 16.1. The lowest BCUT2D eigenvalue weighted by Gasteiger charge is -2.32. The van der Waals surface area contributed by atoms with Gasteiger partial charge < -0.3 is 5.32 Å². The molecule has 0 saturated carbocycles. The van der Waals surface area contributed by atoms with Crippen LogP contribution in [0.4, 0.5) is 0 Å². The van der Waals surface area contributed by atoms with E-state index in [9.17, 15) is 4.79 Å². The highest BCUT2D eigenvalue weighted by molar-refractivity contribution is 5.79. The Labute approximate surface area is 135 Å². The monoisotopic (exact) mass is 302 g/mol. The van der Waals surface area contributed by atoms with Gasteiger partial charge in [0.15, 0.2) is 0 Å². The first-order valence-electron chi connectivity index (χ1n) is 8.54. The van der Waals surface area contributed by atoms with Gasteiger partial charge in [-0.2, -0.15) is 0 Å². The van der Waals surface area contributed by atoms with E-state index in [0.717, 1.165) is 32.5 Å². The van der Waals surface area contributed by atoms with Gasteiger partial charge in [0.2, 0.25) is 5.91 Å². The molecule has 0 radical (unpaired) electrons. The summed E-state index contributed by atoms with van der Waals surface area (Å²) in [6, 6.07) is 8.83. The molecule has 1 saturated heterocycles. The van der Waals surface area contributed by atoms with Gasteiger partial charge in [-0.15, -0.1) is 0 Å². The van der Waals surface area contributed by atoms with Crippen LogP contribution in [0, 0.1) is 18.8 Å². The molecule has 0 aromatic heterocycles. The Morgan fingerprint density at radius 2 is 1.86 bits per heavy atom. The van der Waals surface area contributed by atoms with E-state index in [1.165, 1.54) is 11.1 Å². The molecule has 3 heteroatoms. The molecule has 122 valence electrons. The van der Waals surface area contributed by atoms with Crippen LogP contribution >= 0.6 is 0 Å². The number of hydrogen-bond acceptors (Lipinski definition) is 2. The Bertz CT molecular complexity index is 490. The average Bonchev–Trinajstić information content (AvgIpc) is 2.50. The highest BCUT2D eigenvalue weighted by Gasteiger charge is 2.26. The fourth-order valence-corrected chi connectivity index (χ4v) is 2.89. The van der Waals surface area contributed by atoms with Gasteiger partial charge in [-0.1, -0.05) is 38.1 Å². The molecule has 22 heavy (non-hydrogen) atoms. The van der Waals surface area contributed by atoms with Crippen LogP contribution in [0.25, 0.3) is 0 Å². The van der Waals surface area contributed by atoms with Crippen LogP contribution in [0.15, 0.2) is 24.3 Å². The highest BCUT2D eigenvalue weighted by Crippen LogP contribution is 2.20. The number of amides is 1. The van der Waals surface area contributed by atoms with E-state index in [0.29, 0.717) is 5.92 Å². The lowest BCUT2D eigenvalue weighted by Crippen LogP contribution is -2.44. The average molecular weight is 302 g/mol. The maximum absolute atomic E-state index is 12.3. The number of nitrogens with one attached hydrogen (secondary N) is 1. The van der Waals surface area contributed by atoms with Gasteiger partial charge in [0.05, 0.1) is 0 Å². The lowest BCUT2D eigenvalue weighted by atomic mass is 9.94. The molecule has 3 nitrogen and oxygen atoms in total. The number of nitrogens with zero attached hydrogens (tertiary/aromatic N) is 1. The molecule has 0 spiro atoms. The van der Waals surface area contributed by atoms with E-state index in [2.05, 4.69) is 62.2 Å². The van der Waals surface area contributed by atoms with Gasteiger partial charge in [0.1, 0.15) is 0 Å². The van der Waals surface area contributed by atoms with Crippen LogP contribution in [-0.2, 0) is 11.3 Å². The van der Waals surface area contributed by atoms with Crippen molar-refractivity contribution in [1.29, 1.82) is 0 Å². The van der Waals surface area contributed by atoms with Gasteiger partial charge in [-0.05, 0) is 56.8 Å². The number of aryl methyl sites for hydroxylation is 1. The topological polar surface area (TPSA) is 32.3 Å². The quantitative estimate of drug-likeness (QED) is 0.904. The van der Waals surface area contributed by atoms with E-state index in [1.807, 2.05) is 0 Å². The first kappa shape index (κ1) is 17.0. The molecule has 1 atom stereocenters. The predicted molar refractivity (Wildman–Crippen MR) is 91.6 cm³/mol. The molecule has 1 aromatic rings. The molecule has 1 aliphatic rings. The van der Waals surface area contributed by atoms with Crippen molar-refractivity contribution in [3.8, 4) is 0 Å². The smallest absolute Gasteiger partial charge is 0.223 e. The third kappa shape index (κ3) is 4.57. The second-order valence-corrected chi connectivity index (χ2v) is 7.02. The zero-order valence-electron chi connectivity index (χ0n) is 14.4. The van der Waals surface area contributed by atoms with E-state index < -0.39 is 0 Å². The number of likely N-dealkylation sites (tertiary alicyclic amines) is 1. The molecule has 1 fully saturated rings. The summed E-state index contributed by atoms with van der Waals surface area (Å²) in [6.07, 6.45) is 1.95. The summed E-state index contributed by atoms with van der Waals surface area (Å²) in [5.74, 6) is 0.927. The van der Waals surface area contributed by atoms with Crippen LogP contribution in [0.1, 0.15) is 44.7 Å². The molecule has 1 aromatic carbocycles. The minimum absolute atomic E-state index is 0.189. The minimum Gasteiger partial charge on any atom is -0.353 e. The number of rotatable bonds is 5. The number of carbonyl (C=O) groups excluding carboxylic acids is 1. The molecule has 1 N–H and O–H groups in total. The third-order valence-corrected chi connectivity index (χ3v) is 4.98. The Kier molecular flexibility index (Phi) is 6.01. The molecule has 0 aliphatic carbocycles. The summed E-state index contributed by atoms with van der Waals surface area (Å²) in [5.41, 5.74) is 2.76. The minimum atomic E-state index is 0.189. The van der Waals surface area contributed by atoms with Crippen molar-refractivity contribution < 1.29 is 4.79 Å². The summed E-state index contributed by atoms with van der Waals surface area (Å²) in [5, 5.41) is 3.17. The van der Waals surface area contributed by atoms with Crippen LogP contribution in [-0.4, -0.2) is 29.9 Å². The number of piperidine rings is 1. The Hall–Kier alpha value is -1.35. The van der Waals surface area contributed by atoms with Gasteiger partial charge in [0.25, 0.3) is 0 Å². The first-order valence-corrected chi connectivity index (χ1v) is 8.54. The Morgan fingerprint density at radius 3 is 2.45 bits per heavy atom. The zero-order valence-corrected chi connectivity index (χ0v) is 14.4. The summed E-state index contributed by atoms with van der Waals surface area (Å²) in [4.78, 5) is 14.8. The van der Waals surface area contributed by atoms with E-state index >= 15 is 0 Å². The Morgan fingerprint density at radius 1 is 1.23 bits per heavy atom. The SMILES string of the molecule is Cc1ccccc1CN1CCC(C(=O)NC(C)C(C)C)CC1. The maximum Gasteiger partial charge on any atom is 0.223 e. The highest BCUT2D eigenvalue weighted by atomic mass is 16.1. The fourth-order valence-electron chi connectivity index (χ4n) is 2.89. The maximum atomic E-state index is 12.3. The molecule has 1 heterocycles. The van der Waals surface area contributed by atoms with Crippen molar-refractivity contribution in [1.82, 2.24) is 10.2 Å². The normalized spacial score (nSPS) is 18.4. The van der Waals surface area contributed by atoms with Crippen molar-refractivity contribution in [3.63, 3.8) is 0 Å². The summed E-state index contributed by atoms with van der Waals surface area (Å²) in [7, 11) is 0. The number of benzene rings is 1. The van der Waals surface area contributed by atoms with Crippen molar-refractivity contribution in [2.75, 3.05) is 13.1 Å². The van der Waals surface area contributed by atoms with E-state index in [4.69, 9.17) is 0 Å². The molecule has 1 amide bonds. The van der Waals surface area contributed by atoms with Crippen molar-refractivity contribution in [2.45, 2.75) is 53.1 Å². The predicted octanol–water partition coefficient (Wildman–Crippen LogP) is 3.37. The Balaban J connectivity index is 1.80.